The van der Waals surface area contributed by atoms with Gasteiger partial charge < -0.3 is 24.8 Å². The van der Waals surface area contributed by atoms with Crippen molar-refractivity contribution in [2.24, 2.45) is 0 Å². The van der Waals surface area contributed by atoms with E-state index < -0.39 is 6.10 Å². The summed E-state index contributed by atoms with van der Waals surface area (Å²) in [6.45, 7) is 4.91. The molecule has 0 aromatic heterocycles. The summed E-state index contributed by atoms with van der Waals surface area (Å²) in [5.74, 6) is 1.57. The van der Waals surface area contributed by atoms with Gasteiger partial charge in [0.15, 0.2) is 0 Å². The molecule has 1 aromatic carbocycles. The molecule has 1 unspecified atom stereocenters. The van der Waals surface area contributed by atoms with Gasteiger partial charge in [-0.25, -0.2) is 0 Å². The number of methoxy groups -OCH3 is 1. The molecular weight excluding hydrogens is 352 g/mol. The van der Waals surface area contributed by atoms with Gasteiger partial charge >= 0.3 is 0 Å². The highest BCUT2D eigenvalue weighted by Gasteiger charge is 2.17. The summed E-state index contributed by atoms with van der Waals surface area (Å²) in [7, 11) is 1.66. The Labute approximate surface area is 169 Å². The molecule has 1 aromatic rings. The third kappa shape index (κ3) is 6.80. The number of rotatable bonds is 11. The predicted octanol–water partition coefficient (Wildman–Crippen LogP) is 3.51. The summed E-state index contributed by atoms with van der Waals surface area (Å²) in [6, 6.07) is 5.94. The van der Waals surface area contributed by atoms with Gasteiger partial charge in [-0.15, -0.1) is 0 Å². The van der Waals surface area contributed by atoms with Crippen LogP contribution >= 0.6 is 0 Å². The van der Waals surface area contributed by atoms with E-state index >= 15 is 0 Å². The lowest BCUT2D eigenvalue weighted by Crippen LogP contribution is -2.33. The molecule has 0 radical (unpaired) electrons. The minimum atomic E-state index is -0.469. The van der Waals surface area contributed by atoms with E-state index in [1.165, 1.54) is 38.5 Å². The number of ether oxygens (including phenoxy) is 2. The Hall–Kier alpha value is -1.56. The zero-order valence-corrected chi connectivity index (χ0v) is 17.3. The normalized spacial score (nSPS) is 18.7. The summed E-state index contributed by atoms with van der Waals surface area (Å²) in [4.78, 5) is 2.31. The molecule has 1 aliphatic carbocycles. The van der Waals surface area contributed by atoms with Gasteiger partial charge in [-0.2, -0.15) is 0 Å². The molecule has 0 bridgehead atoms. The second kappa shape index (κ2) is 11.4. The molecule has 1 heterocycles. The van der Waals surface area contributed by atoms with Crippen LogP contribution < -0.4 is 14.8 Å². The van der Waals surface area contributed by atoms with E-state index in [4.69, 9.17) is 9.47 Å². The van der Waals surface area contributed by atoms with Crippen LogP contribution in [0, 0.1) is 0 Å². The molecule has 1 atom stereocenters. The van der Waals surface area contributed by atoms with E-state index in [9.17, 15) is 5.11 Å². The van der Waals surface area contributed by atoms with Crippen LogP contribution in [-0.4, -0.2) is 56.0 Å². The van der Waals surface area contributed by atoms with Crippen molar-refractivity contribution in [1.82, 2.24) is 10.2 Å². The van der Waals surface area contributed by atoms with Gasteiger partial charge in [0.05, 0.1) is 7.11 Å². The molecule has 3 rings (SSSR count). The van der Waals surface area contributed by atoms with Crippen molar-refractivity contribution in [3.63, 3.8) is 0 Å². The molecule has 1 saturated heterocycles. The molecule has 5 heteroatoms. The van der Waals surface area contributed by atoms with Crippen LogP contribution in [0.4, 0.5) is 0 Å². The fourth-order valence-corrected chi connectivity index (χ4v) is 4.05. The Morgan fingerprint density at radius 3 is 2.79 bits per heavy atom. The first-order valence-electron chi connectivity index (χ1n) is 10.8. The number of aliphatic hydroxyl groups is 1. The topological polar surface area (TPSA) is 54.0 Å². The average Bonchev–Trinajstić information content (AvgIpc) is 3.24. The first-order valence-corrected chi connectivity index (χ1v) is 10.8. The van der Waals surface area contributed by atoms with E-state index in [0.717, 1.165) is 49.7 Å². The number of β-amino-alcohol motifs (C(OH)–C–C–N with tert-alkyl or cyclic N) is 1. The fraction of sp³-hybridized carbons (Fsp3) is 0.652. The Kier molecular flexibility index (Phi) is 8.65. The maximum atomic E-state index is 10.3. The lowest BCUT2D eigenvalue weighted by molar-refractivity contribution is 0.0753. The van der Waals surface area contributed by atoms with Gasteiger partial charge in [0.1, 0.15) is 24.2 Å². The molecule has 28 heavy (non-hydrogen) atoms. The number of nitrogens with one attached hydrogen (secondary N) is 1. The molecule has 2 N–H and O–H groups in total. The standard InChI is InChI=1S/C23H36N2O3/c1-27-22-10-9-20(16-24-12-11-19-7-3-2-4-8-19)23(15-22)28-18-21(26)17-25-13-5-6-14-25/h7,9-10,15,21,24,26H,2-6,8,11-14,16-18H2,1H3. The van der Waals surface area contributed by atoms with E-state index in [2.05, 4.69) is 16.3 Å². The van der Waals surface area contributed by atoms with Gasteiger partial charge in [0, 0.05) is 24.7 Å². The third-order valence-electron chi connectivity index (χ3n) is 5.70. The first-order chi connectivity index (χ1) is 13.7. The number of benzene rings is 1. The molecule has 0 amide bonds. The van der Waals surface area contributed by atoms with Crippen LogP contribution in [0.5, 0.6) is 11.5 Å². The zero-order chi connectivity index (χ0) is 19.6. The van der Waals surface area contributed by atoms with Gasteiger partial charge in [0.25, 0.3) is 0 Å². The number of likely N-dealkylation sites (tertiary alicyclic amines) is 1. The Morgan fingerprint density at radius 2 is 2.04 bits per heavy atom. The molecule has 2 aliphatic rings. The summed E-state index contributed by atoms with van der Waals surface area (Å²) in [5, 5.41) is 13.9. The Bertz CT molecular complexity index is 626. The van der Waals surface area contributed by atoms with Gasteiger partial charge in [-0.05, 0) is 70.6 Å². The van der Waals surface area contributed by atoms with Gasteiger partial charge in [-0.3, -0.25) is 0 Å². The third-order valence-corrected chi connectivity index (χ3v) is 5.70. The highest BCUT2D eigenvalue weighted by molar-refractivity contribution is 5.40. The number of hydrogen-bond donors (Lipinski definition) is 2. The smallest absolute Gasteiger partial charge is 0.127 e. The number of aliphatic hydroxyl groups excluding tert-OH is 1. The lowest BCUT2D eigenvalue weighted by atomic mass is 9.97. The Morgan fingerprint density at radius 1 is 1.18 bits per heavy atom. The lowest BCUT2D eigenvalue weighted by Gasteiger charge is -2.21. The van der Waals surface area contributed by atoms with Crippen molar-refractivity contribution in [3.8, 4) is 11.5 Å². The van der Waals surface area contributed by atoms with Gasteiger partial charge in [0.2, 0.25) is 0 Å². The van der Waals surface area contributed by atoms with Crippen molar-refractivity contribution in [2.45, 2.75) is 57.6 Å². The SMILES string of the molecule is COc1ccc(CNCCC2=CCCCC2)c(OCC(O)CN2CCCC2)c1. The summed E-state index contributed by atoms with van der Waals surface area (Å²) < 4.78 is 11.3. The minimum Gasteiger partial charge on any atom is -0.497 e. The fourth-order valence-electron chi connectivity index (χ4n) is 4.05. The van der Waals surface area contributed by atoms with Crippen LogP contribution in [0.1, 0.15) is 50.5 Å². The second-order valence-corrected chi connectivity index (χ2v) is 7.98. The van der Waals surface area contributed by atoms with Crippen LogP contribution in [0.25, 0.3) is 0 Å². The van der Waals surface area contributed by atoms with Crippen molar-refractivity contribution in [1.29, 1.82) is 0 Å². The summed E-state index contributed by atoms with van der Waals surface area (Å²) >= 11 is 0. The highest BCUT2D eigenvalue weighted by atomic mass is 16.5. The molecule has 0 spiro atoms. The first kappa shape index (κ1) is 21.2. The van der Waals surface area contributed by atoms with Crippen molar-refractivity contribution in [2.75, 3.05) is 39.9 Å². The highest BCUT2D eigenvalue weighted by Crippen LogP contribution is 2.25. The minimum absolute atomic E-state index is 0.309. The van der Waals surface area contributed by atoms with E-state index in [1.807, 2.05) is 18.2 Å². The van der Waals surface area contributed by atoms with Crippen molar-refractivity contribution in [3.05, 3.63) is 35.4 Å². The number of nitrogens with zero attached hydrogens (tertiary/aromatic N) is 1. The van der Waals surface area contributed by atoms with Crippen LogP contribution in [0.15, 0.2) is 29.8 Å². The predicted molar refractivity (Wildman–Crippen MR) is 113 cm³/mol. The molecule has 156 valence electrons. The average molecular weight is 389 g/mol. The molecule has 0 saturated carbocycles. The number of hydrogen-bond acceptors (Lipinski definition) is 5. The van der Waals surface area contributed by atoms with E-state index in [0.29, 0.717) is 13.2 Å². The molecule has 5 nitrogen and oxygen atoms in total. The maximum absolute atomic E-state index is 10.3. The van der Waals surface area contributed by atoms with E-state index in [-0.39, 0.29) is 0 Å². The van der Waals surface area contributed by atoms with Crippen molar-refractivity contribution >= 4 is 0 Å². The van der Waals surface area contributed by atoms with Crippen LogP contribution in [0.3, 0.4) is 0 Å². The quantitative estimate of drug-likeness (QED) is 0.449. The summed E-state index contributed by atoms with van der Waals surface area (Å²) in [6.07, 6.45) is 10.7. The molecule has 1 aliphatic heterocycles. The zero-order valence-electron chi connectivity index (χ0n) is 17.3. The molecular formula is C23H36N2O3. The monoisotopic (exact) mass is 388 g/mol. The van der Waals surface area contributed by atoms with Gasteiger partial charge in [-0.1, -0.05) is 17.7 Å². The van der Waals surface area contributed by atoms with E-state index in [1.54, 1.807) is 12.7 Å². The molecule has 1 fully saturated rings. The van der Waals surface area contributed by atoms with Crippen molar-refractivity contribution < 1.29 is 14.6 Å². The number of allylic oxidation sites excluding steroid dienone is 1. The summed E-state index contributed by atoms with van der Waals surface area (Å²) in [5.41, 5.74) is 2.70. The maximum Gasteiger partial charge on any atom is 0.127 e. The van der Waals surface area contributed by atoms with Crippen LogP contribution in [0.2, 0.25) is 0 Å². The van der Waals surface area contributed by atoms with Crippen LogP contribution in [-0.2, 0) is 6.54 Å². The second-order valence-electron chi connectivity index (χ2n) is 7.98. The Balaban J connectivity index is 1.48. The largest absolute Gasteiger partial charge is 0.497 e.